The lowest BCUT2D eigenvalue weighted by Crippen LogP contribution is -2.13. The molecule has 4 heteroatoms. The van der Waals surface area contributed by atoms with Crippen molar-refractivity contribution >= 4 is 11.0 Å². The molecule has 1 radical (unpaired) electrons. The smallest absolute Gasteiger partial charge is 0.117 e. The summed E-state index contributed by atoms with van der Waals surface area (Å²) in [7, 11) is 0. The summed E-state index contributed by atoms with van der Waals surface area (Å²) >= 11 is 0. The van der Waals surface area contributed by atoms with Gasteiger partial charge in [0.1, 0.15) is 5.52 Å². The third-order valence-electron chi connectivity index (χ3n) is 3.23. The SMILES string of the molecule is c1cc(C2CCCCC[N]2)c2nn[nH]c2c1. The molecule has 0 amide bonds. The molecule has 3 rings (SSSR count). The number of rotatable bonds is 1. The summed E-state index contributed by atoms with van der Waals surface area (Å²) in [5, 5.41) is 15.7. The van der Waals surface area contributed by atoms with Crippen molar-refractivity contribution in [3.63, 3.8) is 0 Å². The van der Waals surface area contributed by atoms with E-state index in [4.69, 9.17) is 5.32 Å². The highest BCUT2D eigenvalue weighted by Crippen LogP contribution is 2.27. The quantitative estimate of drug-likeness (QED) is 0.792. The Balaban J connectivity index is 2.00. The van der Waals surface area contributed by atoms with Gasteiger partial charge in [0, 0.05) is 12.1 Å². The lowest BCUT2D eigenvalue weighted by atomic mass is 10.0. The highest BCUT2D eigenvalue weighted by molar-refractivity contribution is 5.77. The molecule has 1 aliphatic heterocycles. The molecule has 1 N–H and O–H groups in total. The molecule has 1 aliphatic rings. The molecule has 4 nitrogen and oxygen atoms in total. The summed E-state index contributed by atoms with van der Waals surface area (Å²) in [5.41, 5.74) is 3.23. The topological polar surface area (TPSA) is 55.7 Å². The molecule has 1 unspecified atom stereocenters. The van der Waals surface area contributed by atoms with Crippen LogP contribution in [0.3, 0.4) is 0 Å². The molecule has 2 heterocycles. The number of benzene rings is 1. The Bertz CT molecular complexity index is 469. The molecule has 1 aromatic carbocycles. The van der Waals surface area contributed by atoms with E-state index in [1.54, 1.807) is 0 Å². The van der Waals surface area contributed by atoms with Crippen molar-refractivity contribution in [3.05, 3.63) is 23.8 Å². The van der Waals surface area contributed by atoms with Gasteiger partial charge < -0.3 is 0 Å². The van der Waals surface area contributed by atoms with E-state index in [9.17, 15) is 0 Å². The third kappa shape index (κ3) is 1.69. The molecular weight excluding hydrogens is 200 g/mol. The van der Waals surface area contributed by atoms with Crippen LogP contribution in [0.25, 0.3) is 11.0 Å². The van der Waals surface area contributed by atoms with Crippen molar-refractivity contribution in [2.24, 2.45) is 0 Å². The lowest BCUT2D eigenvalue weighted by molar-refractivity contribution is 0.526. The molecule has 0 saturated carbocycles. The van der Waals surface area contributed by atoms with Crippen molar-refractivity contribution in [2.75, 3.05) is 6.54 Å². The normalized spacial score (nSPS) is 22.1. The third-order valence-corrected chi connectivity index (χ3v) is 3.23. The first-order valence-corrected chi connectivity index (χ1v) is 5.91. The summed E-state index contributed by atoms with van der Waals surface area (Å²) in [5.74, 6) is 0. The first kappa shape index (κ1) is 9.78. The first-order valence-electron chi connectivity index (χ1n) is 5.91. The average Bonchev–Trinajstić information content (AvgIpc) is 2.63. The molecule has 1 fully saturated rings. The highest BCUT2D eigenvalue weighted by Gasteiger charge is 2.18. The molecule has 0 aliphatic carbocycles. The average molecular weight is 215 g/mol. The van der Waals surface area contributed by atoms with Crippen molar-refractivity contribution in [3.8, 4) is 0 Å². The van der Waals surface area contributed by atoms with E-state index in [1.165, 1.54) is 24.8 Å². The maximum Gasteiger partial charge on any atom is 0.117 e. The predicted octanol–water partition coefficient (Wildman–Crippen LogP) is 2.18. The zero-order valence-electron chi connectivity index (χ0n) is 9.19. The van der Waals surface area contributed by atoms with Crippen LogP contribution in [0.5, 0.6) is 0 Å². The zero-order valence-corrected chi connectivity index (χ0v) is 9.19. The predicted molar refractivity (Wildman–Crippen MR) is 62.1 cm³/mol. The second-order valence-corrected chi connectivity index (χ2v) is 4.33. The number of hydrogen-bond acceptors (Lipinski definition) is 2. The summed E-state index contributed by atoms with van der Waals surface area (Å²) in [6, 6.07) is 6.51. The Kier molecular flexibility index (Phi) is 2.58. The largest absolute Gasteiger partial charge is 0.258 e. The van der Waals surface area contributed by atoms with Gasteiger partial charge in [0.05, 0.1) is 11.6 Å². The molecule has 1 saturated heterocycles. The van der Waals surface area contributed by atoms with Crippen molar-refractivity contribution in [2.45, 2.75) is 31.7 Å². The summed E-state index contributed by atoms with van der Waals surface area (Å²) in [6.07, 6.45) is 4.94. The van der Waals surface area contributed by atoms with Crippen LogP contribution >= 0.6 is 0 Å². The van der Waals surface area contributed by atoms with Crippen LogP contribution in [0, 0.1) is 0 Å². The van der Waals surface area contributed by atoms with Gasteiger partial charge in [-0.05, 0) is 18.9 Å². The number of nitrogens with one attached hydrogen (secondary N) is 1. The number of nitrogens with zero attached hydrogens (tertiary/aromatic N) is 3. The Hall–Kier alpha value is -1.42. The minimum atomic E-state index is 0.316. The number of H-pyrrole nitrogens is 1. The van der Waals surface area contributed by atoms with Crippen LogP contribution < -0.4 is 5.32 Å². The van der Waals surface area contributed by atoms with Gasteiger partial charge in [0.2, 0.25) is 0 Å². The van der Waals surface area contributed by atoms with Crippen LogP contribution in [0.15, 0.2) is 18.2 Å². The molecule has 2 aromatic rings. The number of aromatic amines is 1. The van der Waals surface area contributed by atoms with E-state index >= 15 is 0 Å². The number of aromatic nitrogens is 3. The van der Waals surface area contributed by atoms with E-state index in [2.05, 4.69) is 27.5 Å². The minimum Gasteiger partial charge on any atom is -0.258 e. The molecule has 83 valence electrons. The Morgan fingerprint density at radius 2 is 2.19 bits per heavy atom. The Morgan fingerprint density at radius 3 is 3.19 bits per heavy atom. The van der Waals surface area contributed by atoms with Crippen molar-refractivity contribution in [1.82, 2.24) is 20.7 Å². The Morgan fingerprint density at radius 1 is 1.19 bits per heavy atom. The van der Waals surface area contributed by atoms with Gasteiger partial charge >= 0.3 is 0 Å². The minimum absolute atomic E-state index is 0.316. The number of fused-ring (bicyclic) bond motifs is 1. The van der Waals surface area contributed by atoms with Crippen molar-refractivity contribution in [1.29, 1.82) is 0 Å². The van der Waals surface area contributed by atoms with E-state index in [0.29, 0.717) is 6.04 Å². The van der Waals surface area contributed by atoms with Gasteiger partial charge in [-0.15, -0.1) is 5.10 Å². The highest BCUT2D eigenvalue weighted by atomic mass is 15.3. The van der Waals surface area contributed by atoms with Gasteiger partial charge in [-0.2, -0.15) is 0 Å². The maximum atomic E-state index is 4.74. The molecule has 1 aromatic heterocycles. The van der Waals surface area contributed by atoms with E-state index in [-0.39, 0.29) is 0 Å². The number of hydrogen-bond donors (Lipinski definition) is 1. The van der Waals surface area contributed by atoms with Crippen molar-refractivity contribution < 1.29 is 0 Å². The fraction of sp³-hybridized carbons (Fsp3) is 0.500. The second kappa shape index (κ2) is 4.22. The molecule has 0 spiro atoms. The summed E-state index contributed by atoms with van der Waals surface area (Å²) in [6.45, 7) is 0.985. The van der Waals surface area contributed by atoms with Crippen LogP contribution in [0.2, 0.25) is 0 Å². The van der Waals surface area contributed by atoms with E-state index < -0.39 is 0 Å². The Labute approximate surface area is 94.4 Å². The van der Waals surface area contributed by atoms with Gasteiger partial charge in [-0.25, -0.2) is 5.32 Å². The van der Waals surface area contributed by atoms with Crippen LogP contribution in [0.1, 0.15) is 37.3 Å². The standard InChI is InChI=1S/C12H15N4/c1-2-6-10(13-8-3-1)9-5-4-7-11-12(9)15-16-14-11/h4-5,7,10H,1-3,6,8H2,(H,14,15,16). The molecule has 0 bridgehead atoms. The molecule has 1 atom stereocenters. The van der Waals surface area contributed by atoms with Crippen LogP contribution in [-0.2, 0) is 0 Å². The second-order valence-electron chi connectivity index (χ2n) is 4.33. The summed E-state index contributed by atoms with van der Waals surface area (Å²) in [4.78, 5) is 0. The van der Waals surface area contributed by atoms with Gasteiger partial charge in [0.25, 0.3) is 0 Å². The van der Waals surface area contributed by atoms with Gasteiger partial charge in [-0.3, -0.25) is 5.10 Å². The van der Waals surface area contributed by atoms with E-state index in [1.807, 2.05) is 6.07 Å². The maximum absolute atomic E-state index is 4.74. The first-order chi connectivity index (χ1) is 7.95. The monoisotopic (exact) mass is 215 g/mol. The molecule has 16 heavy (non-hydrogen) atoms. The molecular formula is C12H15N4. The fourth-order valence-corrected chi connectivity index (χ4v) is 2.38. The summed E-state index contributed by atoms with van der Waals surface area (Å²) < 4.78 is 0. The van der Waals surface area contributed by atoms with Crippen LogP contribution in [0.4, 0.5) is 0 Å². The lowest BCUT2D eigenvalue weighted by Gasteiger charge is -2.14. The van der Waals surface area contributed by atoms with Gasteiger partial charge in [0.15, 0.2) is 0 Å². The fourth-order valence-electron chi connectivity index (χ4n) is 2.38. The van der Waals surface area contributed by atoms with Gasteiger partial charge in [-0.1, -0.05) is 30.2 Å². The zero-order chi connectivity index (χ0) is 10.8. The van der Waals surface area contributed by atoms with Crippen LogP contribution in [-0.4, -0.2) is 22.0 Å². The van der Waals surface area contributed by atoms with E-state index in [0.717, 1.165) is 24.0 Å².